The molecule has 210 valence electrons. The van der Waals surface area contributed by atoms with Gasteiger partial charge in [-0.2, -0.15) is 0 Å². The minimum Gasteiger partial charge on any atom is -0.432 e. The second-order valence-electron chi connectivity index (χ2n) is 11.2. The molecule has 1 saturated heterocycles. The van der Waals surface area contributed by atoms with Crippen LogP contribution in [0.2, 0.25) is 18.6 Å². The zero-order valence-corrected chi connectivity index (χ0v) is 25.5. The fraction of sp³-hybridized carbons (Fsp3) is 0.355. The average Bonchev–Trinajstić information content (AvgIpc) is 3.35. The Morgan fingerprint density at radius 1 is 1.07 bits per heavy atom. The fourth-order valence-corrected chi connectivity index (χ4v) is 9.44. The minimum absolute atomic E-state index is 0.00251. The molecule has 4 atom stereocenters. The molecule has 3 aromatic rings. The van der Waals surface area contributed by atoms with Crippen molar-refractivity contribution < 1.29 is 24.2 Å². The van der Waals surface area contributed by atoms with Gasteiger partial charge in [0.25, 0.3) is 5.91 Å². The summed E-state index contributed by atoms with van der Waals surface area (Å²) < 4.78 is 7.63. The molecule has 40 heavy (non-hydrogen) atoms. The van der Waals surface area contributed by atoms with Crippen LogP contribution in [0.25, 0.3) is 0 Å². The van der Waals surface area contributed by atoms with Gasteiger partial charge in [0.15, 0.2) is 13.9 Å². The zero-order chi connectivity index (χ0) is 28.7. The lowest BCUT2D eigenvalue weighted by Crippen LogP contribution is -2.45. The van der Waals surface area contributed by atoms with Crippen molar-refractivity contribution in [3.05, 3.63) is 94.5 Å². The number of para-hydroxylation sites is 1. The zero-order valence-electron chi connectivity index (χ0n) is 23.0. The standard InChI is InChI=1S/C31H35BrN2O5Si/c1-21-29(40(2,3)38)27(19-28(36)33(16-17-35)20-22-10-6-4-7-11-22)39-31(21)25-18-23(32)14-15-26(25)34(30(31)37)24-12-8-5-9-13-24/h4-15,18,21,27,29,35,38H,16-17,19-20H2,1-3H3/t21-,27+,29-,31+/m0/s1. The number of aliphatic hydroxyl groups is 1. The molecule has 2 heterocycles. The molecule has 2 N–H and O–H groups in total. The first-order valence-electron chi connectivity index (χ1n) is 13.6. The lowest BCUT2D eigenvalue weighted by Gasteiger charge is -2.32. The lowest BCUT2D eigenvalue weighted by atomic mass is 9.82. The van der Waals surface area contributed by atoms with Crippen molar-refractivity contribution >= 4 is 47.4 Å². The normalized spacial score (nSPS) is 24.0. The SMILES string of the molecule is C[C@H]1[C@H]([Si](C)(C)O)[C@@H](CC(=O)N(CCO)Cc2ccccc2)O[C@]12C(=O)N(c1ccccc1)c1ccc(Br)cc12. The number of rotatable bonds is 8. The quantitative estimate of drug-likeness (QED) is 0.331. The van der Waals surface area contributed by atoms with Gasteiger partial charge in [-0.3, -0.25) is 14.5 Å². The molecule has 0 aromatic heterocycles. The van der Waals surface area contributed by atoms with Crippen molar-refractivity contribution in [1.29, 1.82) is 0 Å². The number of aliphatic hydroxyl groups excluding tert-OH is 1. The number of nitrogens with zero attached hydrogens (tertiary/aromatic N) is 2. The van der Waals surface area contributed by atoms with Gasteiger partial charge in [0, 0.05) is 40.3 Å². The van der Waals surface area contributed by atoms with Crippen LogP contribution in [0.4, 0.5) is 11.4 Å². The van der Waals surface area contributed by atoms with E-state index in [9.17, 15) is 19.5 Å². The molecule has 0 unspecified atom stereocenters. The fourth-order valence-electron chi connectivity index (χ4n) is 6.53. The lowest BCUT2D eigenvalue weighted by molar-refractivity contribution is -0.149. The second kappa shape index (κ2) is 11.2. The first-order valence-corrected chi connectivity index (χ1v) is 17.4. The summed E-state index contributed by atoms with van der Waals surface area (Å²) in [5.74, 6) is -0.782. The van der Waals surface area contributed by atoms with E-state index in [0.717, 1.165) is 27.0 Å². The van der Waals surface area contributed by atoms with Gasteiger partial charge in [-0.15, -0.1) is 0 Å². The van der Waals surface area contributed by atoms with Crippen molar-refractivity contribution in [3.8, 4) is 0 Å². The average molecular weight is 624 g/mol. The van der Waals surface area contributed by atoms with Crippen molar-refractivity contribution in [3.63, 3.8) is 0 Å². The van der Waals surface area contributed by atoms with Crippen molar-refractivity contribution in [2.45, 2.75) is 50.2 Å². The number of fused-ring (bicyclic) bond motifs is 2. The van der Waals surface area contributed by atoms with Crippen LogP contribution in [-0.2, 0) is 26.5 Å². The van der Waals surface area contributed by atoms with Crippen molar-refractivity contribution in [2.75, 3.05) is 18.1 Å². The molecule has 5 rings (SSSR count). The van der Waals surface area contributed by atoms with E-state index in [0.29, 0.717) is 6.54 Å². The van der Waals surface area contributed by atoms with Crippen molar-refractivity contribution in [2.24, 2.45) is 5.92 Å². The maximum absolute atomic E-state index is 14.5. The molecule has 7 nitrogen and oxygen atoms in total. The van der Waals surface area contributed by atoms with Gasteiger partial charge in [-0.25, -0.2) is 0 Å². The summed E-state index contributed by atoms with van der Waals surface area (Å²) in [5.41, 5.74) is 1.43. The van der Waals surface area contributed by atoms with E-state index in [-0.39, 0.29) is 42.8 Å². The first kappa shape index (κ1) is 28.7. The highest BCUT2D eigenvalue weighted by Crippen LogP contribution is 2.61. The summed E-state index contributed by atoms with van der Waals surface area (Å²) in [7, 11) is -2.93. The number of ether oxygens (including phenoxy) is 1. The van der Waals surface area contributed by atoms with Gasteiger partial charge in [0.1, 0.15) is 0 Å². The third-order valence-corrected chi connectivity index (χ3v) is 11.2. The molecule has 2 aliphatic heterocycles. The van der Waals surface area contributed by atoms with E-state index in [1.807, 2.05) is 98.9 Å². The molecular weight excluding hydrogens is 588 g/mol. The van der Waals surface area contributed by atoms with Crippen molar-refractivity contribution in [1.82, 2.24) is 4.90 Å². The highest BCUT2D eigenvalue weighted by Gasteiger charge is 2.66. The molecule has 0 bridgehead atoms. The van der Waals surface area contributed by atoms with E-state index >= 15 is 0 Å². The predicted molar refractivity (Wildman–Crippen MR) is 160 cm³/mol. The third kappa shape index (κ3) is 5.05. The van der Waals surface area contributed by atoms with Crippen LogP contribution in [0.15, 0.2) is 83.3 Å². The molecule has 2 aliphatic rings. The van der Waals surface area contributed by atoms with E-state index in [1.165, 1.54) is 0 Å². The van der Waals surface area contributed by atoms with E-state index < -0.39 is 20.0 Å². The van der Waals surface area contributed by atoms with Crippen LogP contribution >= 0.6 is 15.9 Å². The third-order valence-electron chi connectivity index (χ3n) is 8.18. The Labute approximate surface area is 244 Å². The summed E-state index contributed by atoms with van der Waals surface area (Å²) in [6, 6.07) is 24.8. The topological polar surface area (TPSA) is 90.3 Å². The number of amides is 2. The largest absolute Gasteiger partial charge is 0.432 e. The van der Waals surface area contributed by atoms with Crippen LogP contribution in [0, 0.1) is 5.92 Å². The molecule has 0 aliphatic carbocycles. The number of anilines is 2. The molecule has 0 radical (unpaired) electrons. The number of hydrogen-bond donors (Lipinski definition) is 2. The van der Waals surface area contributed by atoms with Crippen LogP contribution in [0.1, 0.15) is 24.5 Å². The Morgan fingerprint density at radius 3 is 2.35 bits per heavy atom. The summed E-state index contributed by atoms with van der Waals surface area (Å²) in [4.78, 5) is 43.0. The monoisotopic (exact) mass is 622 g/mol. The molecule has 1 fully saturated rings. The van der Waals surface area contributed by atoms with E-state index in [1.54, 1.807) is 9.80 Å². The Bertz CT molecular complexity index is 1380. The molecule has 3 aromatic carbocycles. The molecule has 1 spiro atoms. The molecule has 9 heteroatoms. The molecule has 2 amide bonds. The highest BCUT2D eigenvalue weighted by atomic mass is 79.9. The van der Waals surface area contributed by atoms with Gasteiger partial charge in [0.2, 0.25) is 5.91 Å². The Hall–Kier alpha value is -2.82. The minimum atomic E-state index is -2.93. The number of benzene rings is 3. The smallest absolute Gasteiger partial charge is 0.268 e. The summed E-state index contributed by atoms with van der Waals surface area (Å²) in [6.45, 7) is 6.03. The molecule has 0 saturated carbocycles. The predicted octanol–water partition coefficient (Wildman–Crippen LogP) is 5.34. The second-order valence-corrected chi connectivity index (χ2v) is 16.1. The number of halogens is 1. The number of carbonyl (C=O) groups is 2. The van der Waals surface area contributed by atoms with Crippen LogP contribution in [0.3, 0.4) is 0 Å². The summed E-state index contributed by atoms with van der Waals surface area (Å²) >= 11 is 3.58. The van der Waals surface area contributed by atoms with Crippen LogP contribution < -0.4 is 4.90 Å². The summed E-state index contributed by atoms with van der Waals surface area (Å²) in [6.07, 6.45) is -0.666. The molecular formula is C31H35BrN2O5Si. The maximum Gasteiger partial charge on any atom is 0.268 e. The van der Waals surface area contributed by atoms with Crippen LogP contribution in [-0.4, -0.2) is 54.2 Å². The first-order chi connectivity index (χ1) is 19.1. The van der Waals surface area contributed by atoms with Crippen LogP contribution in [0.5, 0.6) is 0 Å². The van der Waals surface area contributed by atoms with Gasteiger partial charge >= 0.3 is 0 Å². The maximum atomic E-state index is 14.5. The van der Waals surface area contributed by atoms with Gasteiger partial charge in [0.05, 0.1) is 24.8 Å². The van der Waals surface area contributed by atoms with Gasteiger partial charge in [-0.05, 0) is 49.0 Å². The highest BCUT2D eigenvalue weighted by molar-refractivity contribution is 9.10. The Kier molecular flexibility index (Phi) is 8.05. The number of carbonyl (C=O) groups excluding carboxylic acids is 2. The van der Waals surface area contributed by atoms with Gasteiger partial charge < -0.3 is 19.5 Å². The Balaban J connectivity index is 1.53. The van der Waals surface area contributed by atoms with Gasteiger partial charge in [-0.1, -0.05) is 71.4 Å². The number of hydrogen-bond acceptors (Lipinski definition) is 5. The summed E-state index contributed by atoms with van der Waals surface area (Å²) in [5, 5.41) is 9.71. The van der Waals surface area contributed by atoms with E-state index in [2.05, 4.69) is 15.9 Å². The Morgan fingerprint density at radius 2 is 1.73 bits per heavy atom. The van der Waals surface area contributed by atoms with E-state index in [4.69, 9.17) is 4.74 Å².